The van der Waals surface area contributed by atoms with Crippen molar-refractivity contribution in [3.8, 4) is 11.8 Å². The van der Waals surface area contributed by atoms with Gasteiger partial charge in [0, 0.05) is 5.02 Å². The number of aromatic hydroxyl groups is 1. The van der Waals surface area contributed by atoms with Crippen molar-refractivity contribution in [1.82, 2.24) is 0 Å². The van der Waals surface area contributed by atoms with Gasteiger partial charge >= 0.3 is 0 Å². The summed E-state index contributed by atoms with van der Waals surface area (Å²) >= 11 is 5.63. The van der Waals surface area contributed by atoms with Crippen LogP contribution in [-0.2, 0) is 10.1 Å². The molecule has 0 bridgehead atoms. The number of hydrogen-bond acceptors (Lipinski definition) is 7. The number of amidine groups is 1. The highest BCUT2D eigenvalue weighted by Crippen LogP contribution is 2.34. The molecule has 0 fully saturated rings. The van der Waals surface area contributed by atoms with E-state index in [9.17, 15) is 13.5 Å². The van der Waals surface area contributed by atoms with E-state index >= 15 is 0 Å². The normalized spacial score (nSPS) is 11.8. The monoisotopic (exact) mass is 317 g/mol. The third-order valence-corrected chi connectivity index (χ3v) is 3.05. The maximum Gasteiger partial charge on any atom is 0.298 e. The summed E-state index contributed by atoms with van der Waals surface area (Å²) in [7, 11) is -4.69. The molecule has 0 aliphatic heterocycles. The molecular formula is C9H8ClN5O4S. The molecule has 0 heterocycles. The molecule has 6 N–H and O–H groups in total. The summed E-state index contributed by atoms with van der Waals surface area (Å²) in [6.45, 7) is 0. The first kappa shape index (κ1) is 15.7. The summed E-state index contributed by atoms with van der Waals surface area (Å²) in [6, 6.07) is 3.44. The summed E-state index contributed by atoms with van der Waals surface area (Å²) in [4.78, 5) is -0.830. The van der Waals surface area contributed by atoms with Crippen LogP contribution in [0.1, 0.15) is 0 Å². The fourth-order valence-corrected chi connectivity index (χ4v) is 2.03. The summed E-state index contributed by atoms with van der Waals surface area (Å²) in [5, 5.41) is 28.6. The Morgan fingerprint density at radius 2 is 2.15 bits per heavy atom. The zero-order valence-electron chi connectivity index (χ0n) is 9.62. The minimum atomic E-state index is -4.69. The van der Waals surface area contributed by atoms with E-state index in [0.717, 1.165) is 12.1 Å². The molecule has 9 nitrogen and oxygen atoms in total. The average molecular weight is 318 g/mol. The van der Waals surface area contributed by atoms with Crippen molar-refractivity contribution >= 4 is 39.0 Å². The van der Waals surface area contributed by atoms with Gasteiger partial charge in [-0.2, -0.15) is 18.8 Å². The van der Waals surface area contributed by atoms with Gasteiger partial charge in [-0.15, -0.1) is 0 Å². The van der Waals surface area contributed by atoms with Gasteiger partial charge < -0.3 is 10.8 Å². The molecule has 0 saturated heterocycles. The van der Waals surface area contributed by atoms with Crippen molar-refractivity contribution in [2.45, 2.75) is 4.90 Å². The van der Waals surface area contributed by atoms with Gasteiger partial charge in [-0.05, 0) is 12.1 Å². The number of nitrogens with zero attached hydrogens (tertiary/aromatic N) is 2. The number of hydrogen-bond donors (Lipinski definition) is 5. The van der Waals surface area contributed by atoms with Crippen LogP contribution in [0.5, 0.6) is 5.75 Å². The number of phenols is 1. The Balaban J connectivity index is 3.32. The third kappa shape index (κ3) is 3.58. The fraction of sp³-hybridized carbons (Fsp3) is 0. The number of nitriles is 1. The Bertz CT molecular complexity index is 737. The maximum absolute atomic E-state index is 11.0. The Morgan fingerprint density at radius 3 is 2.60 bits per heavy atom. The van der Waals surface area contributed by atoms with E-state index in [4.69, 9.17) is 32.6 Å². The van der Waals surface area contributed by atoms with Crippen LogP contribution in [0.2, 0.25) is 5.02 Å². The average Bonchev–Trinajstić information content (AvgIpc) is 2.31. The summed E-state index contributed by atoms with van der Waals surface area (Å²) < 4.78 is 31.0. The van der Waals surface area contributed by atoms with Crippen molar-refractivity contribution in [3.05, 3.63) is 17.2 Å². The zero-order valence-corrected chi connectivity index (χ0v) is 11.2. The van der Waals surface area contributed by atoms with Gasteiger partial charge in [-0.3, -0.25) is 15.4 Å². The van der Waals surface area contributed by atoms with Crippen molar-refractivity contribution in [2.75, 3.05) is 5.43 Å². The molecule has 20 heavy (non-hydrogen) atoms. The predicted octanol–water partition coefficient (Wildman–Crippen LogP) is 0.520. The molecule has 1 aromatic carbocycles. The lowest BCUT2D eigenvalue weighted by molar-refractivity contribution is 0.445. The predicted molar refractivity (Wildman–Crippen MR) is 71.5 cm³/mol. The molecule has 0 saturated carbocycles. The second-order valence-electron chi connectivity index (χ2n) is 3.37. The Labute approximate surface area is 118 Å². The molecule has 0 spiro atoms. The highest BCUT2D eigenvalue weighted by atomic mass is 35.5. The summed E-state index contributed by atoms with van der Waals surface area (Å²) in [6.07, 6.45) is 0. The van der Waals surface area contributed by atoms with Crippen LogP contribution in [0.3, 0.4) is 0 Å². The van der Waals surface area contributed by atoms with E-state index in [2.05, 4.69) is 10.5 Å². The van der Waals surface area contributed by atoms with Gasteiger partial charge in [0.05, 0.1) is 0 Å². The molecule has 106 valence electrons. The number of nitrogens with one attached hydrogen (secondary N) is 2. The lowest BCUT2D eigenvalue weighted by atomic mass is 10.3. The minimum absolute atomic E-state index is 0.116. The molecule has 1 rings (SSSR count). The van der Waals surface area contributed by atoms with E-state index < -0.39 is 32.3 Å². The Morgan fingerprint density at radius 1 is 1.55 bits per heavy atom. The number of nitrogens with two attached hydrogens (primary N) is 1. The molecular weight excluding hydrogens is 310 g/mol. The first-order valence-electron chi connectivity index (χ1n) is 4.75. The Hall–Kier alpha value is -2.35. The molecule has 0 aromatic heterocycles. The van der Waals surface area contributed by atoms with Crippen molar-refractivity contribution in [3.63, 3.8) is 0 Å². The number of rotatable bonds is 4. The second-order valence-corrected chi connectivity index (χ2v) is 5.20. The summed E-state index contributed by atoms with van der Waals surface area (Å²) in [5.74, 6) is -1.47. The number of benzene rings is 1. The molecule has 0 aliphatic rings. The van der Waals surface area contributed by atoms with E-state index in [-0.39, 0.29) is 10.7 Å². The van der Waals surface area contributed by atoms with Crippen LogP contribution >= 0.6 is 11.6 Å². The standard InChI is InChI=1S/C9H8ClN5O4S/c10-4-1-5(14-15-6(3-11)9(12)13)8(16)7(2-4)20(17,18)19/h1-2,14,16H,(H3,12,13)(H,17,18,19)/b15-6+. The van der Waals surface area contributed by atoms with Crippen molar-refractivity contribution in [1.29, 1.82) is 10.7 Å². The molecule has 1 aromatic rings. The van der Waals surface area contributed by atoms with Gasteiger partial charge in [0.2, 0.25) is 5.71 Å². The highest BCUT2D eigenvalue weighted by molar-refractivity contribution is 7.86. The van der Waals surface area contributed by atoms with Crippen molar-refractivity contribution < 1.29 is 18.1 Å². The van der Waals surface area contributed by atoms with Crippen LogP contribution in [0.15, 0.2) is 22.1 Å². The van der Waals surface area contributed by atoms with Gasteiger partial charge in [-0.25, -0.2) is 0 Å². The van der Waals surface area contributed by atoms with Crippen LogP contribution in [-0.4, -0.2) is 29.6 Å². The maximum atomic E-state index is 11.0. The molecule has 0 atom stereocenters. The topological polar surface area (TPSA) is 173 Å². The van der Waals surface area contributed by atoms with E-state index in [1.807, 2.05) is 0 Å². The molecule has 0 amide bonds. The van der Waals surface area contributed by atoms with Crippen LogP contribution in [0.25, 0.3) is 0 Å². The molecule has 0 aliphatic carbocycles. The van der Waals surface area contributed by atoms with Crippen LogP contribution < -0.4 is 11.2 Å². The third-order valence-electron chi connectivity index (χ3n) is 1.97. The quantitative estimate of drug-likeness (QED) is 0.177. The number of hydrazone groups is 1. The lowest BCUT2D eigenvalue weighted by Crippen LogP contribution is -2.21. The SMILES string of the molecule is N#C/C(=N\Nc1cc(Cl)cc(S(=O)(=O)O)c1O)C(=N)N. The van der Waals surface area contributed by atoms with Crippen LogP contribution in [0.4, 0.5) is 5.69 Å². The van der Waals surface area contributed by atoms with Gasteiger partial charge in [-0.1, -0.05) is 11.6 Å². The zero-order chi connectivity index (χ0) is 15.5. The van der Waals surface area contributed by atoms with Gasteiger partial charge in [0.15, 0.2) is 11.6 Å². The van der Waals surface area contributed by atoms with Gasteiger partial charge in [0.1, 0.15) is 16.7 Å². The largest absolute Gasteiger partial charge is 0.504 e. The molecule has 0 radical (unpaired) electrons. The fourth-order valence-electron chi connectivity index (χ4n) is 1.12. The molecule has 11 heteroatoms. The minimum Gasteiger partial charge on any atom is -0.504 e. The first-order valence-corrected chi connectivity index (χ1v) is 6.56. The number of halogens is 1. The summed E-state index contributed by atoms with van der Waals surface area (Å²) in [5.41, 5.74) is 6.40. The van der Waals surface area contributed by atoms with E-state index in [1.54, 1.807) is 0 Å². The first-order chi connectivity index (χ1) is 9.16. The second kappa shape index (κ2) is 5.74. The van der Waals surface area contributed by atoms with E-state index in [1.165, 1.54) is 6.07 Å². The number of phenolic OH excluding ortho intramolecular Hbond substituents is 1. The van der Waals surface area contributed by atoms with Crippen molar-refractivity contribution in [2.24, 2.45) is 10.8 Å². The Kier molecular flexibility index (Phi) is 4.51. The number of anilines is 1. The smallest absolute Gasteiger partial charge is 0.298 e. The van der Waals surface area contributed by atoms with Gasteiger partial charge in [0.25, 0.3) is 10.1 Å². The lowest BCUT2D eigenvalue weighted by Gasteiger charge is -2.08. The molecule has 0 unspecified atom stereocenters. The highest BCUT2D eigenvalue weighted by Gasteiger charge is 2.19. The van der Waals surface area contributed by atoms with Crippen LogP contribution in [0, 0.1) is 16.7 Å². The van der Waals surface area contributed by atoms with E-state index in [0.29, 0.717) is 0 Å².